The molecule has 3 amide bonds. The second kappa shape index (κ2) is 8.40. The Bertz CT molecular complexity index is 713. The zero-order chi connectivity index (χ0) is 17.6. The van der Waals surface area contributed by atoms with Crippen molar-refractivity contribution >= 4 is 33.5 Å². The average Bonchev–Trinajstić information content (AvgIpc) is 3.20. The van der Waals surface area contributed by atoms with Crippen molar-refractivity contribution in [3.63, 3.8) is 0 Å². The molecule has 2 atom stereocenters. The fraction of sp³-hybridized carbons (Fsp3) is 0.500. The van der Waals surface area contributed by atoms with Gasteiger partial charge in [0.2, 0.25) is 0 Å². The monoisotopic (exact) mass is 361 g/mol. The summed E-state index contributed by atoms with van der Waals surface area (Å²) in [5.74, 6) is -0.225. The summed E-state index contributed by atoms with van der Waals surface area (Å²) in [5, 5.41) is 6.24. The van der Waals surface area contributed by atoms with E-state index >= 15 is 0 Å². The van der Waals surface area contributed by atoms with Crippen molar-refractivity contribution < 1.29 is 14.5 Å². The molecule has 2 aromatic rings. The Morgan fingerprint density at radius 1 is 1.36 bits per heavy atom. The standard InChI is InChI=1S/C18H24N4O2S/c1-2-3-10-19-18(24)21-16(23)12-22-11-6-8-14(22)17-20-13-7-4-5-9-15(13)25-17/h4-5,7,9,14H,2-3,6,8,10-12H2,1H3,(H2,19,21,23,24)/p+1/t14-/m1/s1. The Kier molecular flexibility index (Phi) is 5.99. The molecule has 0 aliphatic carbocycles. The summed E-state index contributed by atoms with van der Waals surface area (Å²) in [6, 6.07) is 7.97. The minimum Gasteiger partial charge on any atom is -0.338 e. The van der Waals surface area contributed by atoms with Crippen molar-refractivity contribution in [1.29, 1.82) is 0 Å². The van der Waals surface area contributed by atoms with E-state index in [1.807, 2.05) is 18.2 Å². The first-order chi connectivity index (χ1) is 12.2. The zero-order valence-corrected chi connectivity index (χ0v) is 15.3. The number of nitrogens with zero attached hydrogens (tertiary/aromatic N) is 1. The van der Waals surface area contributed by atoms with Crippen molar-refractivity contribution in [2.24, 2.45) is 0 Å². The number of hydrogen-bond donors (Lipinski definition) is 3. The summed E-state index contributed by atoms with van der Waals surface area (Å²) in [6.07, 6.45) is 4.03. The number of thiazole rings is 1. The second-order valence-electron chi connectivity index (χ2n) is 6.46. The minimum atomic E-state index is -0.395. The van der Waals surface area contributed by atoms with Crippen molar-refractivity contribution in [2.75, 3.05) is 19.6 Å². The lowest BCUT2D eigenvalue weighted by molar-refractivity contribution is -0.910. The number of rotatable bonds is 6. The van der Waals surface area contributed by atoms with Gasteiger partial charge in [0, 0.05) is 19.4 Å². The second-order valence-corrected chi connectivity index (χ2v) is 7.52. The van der Waals surface area contributed by atoms with Gasteiger partial charge in [-0.2, -0.15) is 0 Å². The number of quaternary nitrogens is 1. The Morgan fingerprint density at radius 2 is 2.20 bits per heavy atom. The molecule has 0 spiro atoms. The highest BCUT2D eigenvalue weighted by molar-refractivity contribution is 7.18. The first-order valence-corrected chi connectivity index (χ1v) is 9.76. The topological polar surface area (TPSA) is 75.5 Å². The third-order valence-corrected chi connectivity index (χ3v) is 5.70. The quantitative estimate of drug-likeness (QED) is 0.685. The van der Waals surface area contributed by atoms with Crippen LogP contribution in [0.3, 0.4) is 0 Å². The maximum Gasteiger partial charge on any atom is 0.321 e. The average molecular weight is 361 g/mol. The smallest absolute Gasteiger partial charge is 0.321 e. The van der Waals surface area contributed by atoms with E-state index in [-0.39, 0.29) is 11.9 Å². The van der Waals surface area contributed by atoms with E-state index in [0.29, 0.717) is 13.1 Å². The minimum absolute atomic E-state index is 0.225. The lowest BCUT2D eigenvalue weighted by Gasteiger charge is -2.19. The molecule has 25 heavy (non-hydrogen) atoms. The molecule has 1 aromatic heterocycles. The van der Waals surface area contributed by atoms with Gasteiger partial charge in [0.05, 0.1) is 16.8 Å². The van der Waals surface area contributed by atoms with E-state index in [1.54, 1.807) is 11.3 Å². The van der Waals surface area contributed by atoms with Crippen molar-refractivity contribution in [3.8, 4) is 0 Å². The lowest BCUT2D eigenvalue weighted by Crippen LogP contribution is -3.11. The predicted molar refractivity (Wildman–Crippen MR) is 98.7 cm³/mol. The number of carbonyl (C=O) groups excluding carboxylic acids is 2. The Balaban J connectivity index is 1.58. The Hall–Kier alpha value is -1.99. The number of hydrogen-bond acceptors (Lipinski definition) is 4. The molecule has 134 valence electrons. The fourth-order valence-electron chi connectivity index (χ4n) is 3.26. The fourth-order valence-corrected chi connectivity index (χ4v) is 4.42. The van der Waals surface area contributed by atoms with E-state index in [2.05, 4.69) is 23.6 Å². The molecule has 1 unspecified atom stereocenters. The Labute approximate surface area is 151 Å². The van der Waals surface area contributed by atoms with Crippen molar-refractivity contribution in [1.82, 2.24) is 15.6 Å². The number of fused-ring (bicyclic) bond motifs is 1. The highest BCUT2D eigenvalue weighted by Crippen LogP contribution is 2.28. The highest BCUT2D eigenvalue weighted by atomic mass is 32.1. The van der Waals surface area contributed by atoms with Gasteiger partial charge in [0.15, 0.2) is 11.6 Å². The van der Waals surface area contributed by atoms with Crippen molar-refractivity contribution in [2.45, 2.75) is 38.6 Å². The van der Waals surface area contributed by atoms with Gasteiger partial charge in [-0.25, -0.2) is 9.78 Å². The molecule has 0 saturated carbocycles. The van der Waals surface area contributed by atoms with Crippen LogP contribution in [0.25, 0.3) is 10.2 Å². The van der Waals surface area contributed by atoms with E-state index in [1.165, 1.54) is 9.60 Å². The van der Waals surface area contributed by atoms with Crippen LogP contribution in [0.15, 0.2) is 24.3 Å². The molecule has 1 aliphatic rings. The normalized spacial score (nSPS) is 19.9. The van der Waals surface area contributed by atoms with Crippen LogP contribution in [0.1, 0.15) is 43.7 Å². The molecule has 7 heteroatoms. The van der Waals surface area contributed by atoms with E-state index in [4.69, 9.17) is 4.98 Å². The summed E-state index contributed by atoms with van der Waals surface area (Å²) in [4.78, 5) is 29.8. The molecule has 1 aromatic carbocycles. The number of nitrogens with one attached hydrogen (secondary N) is 3. The van der Waals surface area contributed by atoms with Gasteiger partial charge in [0.25, 0.3) is 5.91 Å². The molecule has 6 nitrogen and oxygen atoms in total. The Morgan fingerprint density at radius 3 is 3.00 bits per heavy atom. The van der Waals surface area contributed by atoms with Crippen LogP contribution in [0, 0.1) is 0 Å². The summed E-state index contributed by atoms with van der Waals surface area (Å²) in [5.41, 5.74) is 1.02. The summed E-state index contributed by atoms with van der Waals surface area (Å²) >= 11 is 1.71. The molecule has 3 N–H and O–H groups in total. The van der Waals surface area contributed by atoms with Crippen LogP contribution in [-0.2, 0) is 4.79 Å². The molecule has 3 rings (SSSR count). The van der Waals surface area contributed by atoms with Gasteiger partial charge < -0.3 is 10.2 Å². The van der Waals surface area contributed by atoms with Crippen LogP contribution in [0.4, 0.5) is 4.79 Å². The molecule has 2 heterocycles. The molecular formula is C18H25N4O2S+. The number of para-hydroxylation sites is 1. The summed E-state index contributed by atoms with van der Waals surface area (Å²) in [6.45, 7) is 3.90. The predicted octanol–water partition coefficient (Wildman–Crippen LogP) is 1.64. The summed E-state index contributed by atoms with van der Waals surface area (Å²) in [7, 11) is 0. The molecule has 1 saturated heterocycles. The van der Waals surface area contributed by atoms with Crippen LogP contribution >= 0.6 is 11.3 Å². The van der Waals surface area contributed by atoms with Gasteiger partial charge in [-0.05, 0) is 18.6 Å². The number of likely N-dealkylation sites (tertiary alicyclic amines) is 1. The number of amides is 3. The third kappa shape index (κ3) is 4.55. The van der Waals surface area contributed by atoms with Gasteiger partial charge >= 0.3 is 6.03 Å². The number of unbranched alkanes of at least 4 members (excludes halogenated alkanes) is 1. The van der Waals surface area contributed by atoms with Crippen LogP contribution in [0.2, 0.25) is 0 Å². The van der Waals surface area contributed by atoms with Crippen molar-refractivity contribution in [3.05, 3.63) is 29.3 Å². The first-order valence-electron chi connectivity index (χ1n) is 8.95. The highest BCUT2D eigenvalue weighted by Gasteiger charge is 2.34. The maximum absolute atomic E-state index is 12.2. The maximum atomic E-state index is 12.2. The van der Waals surface area contributed by atoms with Crippen LogP contribution in [-0.4, -0.2) is 36.6 Å². The molecule has 0 radical (unpaired) electrons. The van der Waals surface area contributed by atoms with Gasteiger partial charge in [-0.1, -0.05) is 25.5 Å². The summed E-state index contributed by atoms with van der Waals surface area (Å²) < 4.78 is 1.18. The molecule has 1 aliphatic heterocycles. The lowest BCUT2D eigenvalue weighted by atomic mass is 10.2. The molecule has 1 fully saturated rings. The third-order valence-electron chi connectivity index (χ3n) is 4.55. The number of carbonyl (C=O) groups is 2. The number of aromatic nitrogens is 1. The van der Waals surface area contributed by atoms with Crippen LogP contribution in [0.5, 0.6) is 0 Å². The number of imide groups is 1. The SMILES string of the molecule is CCCCNC(=O)NC(=O)C[NH+]1CCC[C@@H]1c1nc2ccccc2s1. The number of urea groups is 1. The first kappa shape index (κ1) is 17.8. The molecule has 0 bridgehead atoms. The zero-order valence-electron chi connectivity index (χ0n) is 14.5. The number of benzene rings is 1. The van der Waals surface area contributed by atoms with E-state index < -0.39 is 6.03 Å². The van der Waals surface area contributed by atoms with E-state index in [9.17, 15) is 9.59 Å². The largest absolute Gasteiger partial charge is 0.338 e. The van der Waals surface area contributed by atoms with Gasteiger partial charge in [-0.3, -0.25) is 10.1 Å². The van der Waals surface area contributed by atoms with Gasteiger partial charge in [-0.15, -0.1) is 11.3 Å². The molecular weight excluding hydrogens is 336 g/mol. The van der Waals surface area contributed by atoms with Crippen LogP contribution < -0.4 is 15.5 Å². The van der Waals surface area contributed by atoms with Gasteiger partial charge in [0.1, 0.15) is 6.04 Å². The van der Waals surface area contributed by atoms with E-state index in [0.717, 1.165) is 42.8 Å².